The predicted molar refractivity (Wildman–Crippen MR) is 82.1 cm³/mol. The highest BCUT2D eigenvalue weighted by Gasteiger charge is 2.08. The first kappa shape index (κ1) is 16.4. The van der Waals surface area contributed by atoms with Crippen molar-refractivity contribution in [2.75, 3.05) is 25.0 Å². The van der Waals surface area contributed by atoms with Crippen molar-refractivity contribution in [3.05, 3.63) is 17.8 Å². The Kier molecular flexibility index (Phi) is 7.62. The van der Waals surface area contributed by atoms with Gasteiger partial charge in [-0.3, -0.25) is 4.79 Å². The Hall–Kier alpha value is -1.65. The lowest BCUT2D eigenvalue weighted by atomic mass is 10.2. The van der Waals surface area contributed by atoms with Crippen molar-refractivity contribution in [3.8, 4) is 0 Å². The zero-order chi connectivity index (χ0) is 14.8. The molecular formula is C15H26N4O. The van der Waals surface area contributed by atoms with Gasteiger partial charge in [0, 0.05) is 20.1 Å². The molecule has 0 radical (unpaired) electrons. The number of carbonyl (C=O) groups is 1. The summed E-state index contributed by atoms with van der Waals surface area (Å²) in [7, 11) is 1.99. The monoisotopic (exact) mass is 278 g/mol. The lowest BCUT2D eigenvalue weighted by Gasteiger charge is -2.16. The molecule has 5 heteroatoms. The minimum absolute atomic E-state index is 0.142. The first-order valence-corrected chi connectivity index (χ1v) is 7.52. The summed E-state index contributed by atoms with van der Waals surface area (Å²) < 4.78 is 0. The molecule has 1 N–H and O–H groups in total. The highest BCUT2D eigenvalue weighted by atomic mass is 16.1. The van der Waals surface area contributed by atoms with E-state index in [2.05, 4.69) is 34.3 Å². The Labute approximate surface area is 121 Å². The number of aromatic nitrogens is 2. The summed E-state index contributed by atoms with van der Waals surface area (Å²) in [6.45, 7) is 5.95. The summed E-state index contributed by atoms with van der Waals surface area (Å²) in [6, 6.07) is 3.59. The molecule has 5 nitrogen and oxygen atoms in total. The third-order valence-electron chi connectivity index (χ3n) is 3.19. The van der Waals surface area contributed by atoms with Crippen LogP contribution in [-0.4, -0.2) is 36.2 Å². The zero-order valence-electron chi connectivity index (χ0n) is 12.9. The number of unbranched alkanes of at least 4 members (excludes halogenated alkanes) is 3. The zero-order valence-corrected chi connectivity index (χ0v) is 12.9. The van der Waals surface area contributed by atoms with Gasteiger partial charge in [0.05, 0.1) is 0 Å². The van der Waals surface area contributed by atoms with Gasteiger partial charge < -0.3 is 10.2 Å². The van der Waals surface area contributed by atoms with Crippen molar-refractivity contribution >= 4 is 11.7 Å². The summed E-state index contributed by atoms with van der Waals surface area (Å²) in [5, 5.41) is 11.0. The van der Waals surface area contributed by atoms with Gasteiger partial charge in [0.2, 0.25) is 0 Å². The van der Waals surface area contributed by atoms with E-state index < -0.39 is 0 Å². The van der Waals surface area contributed by atoms with Gasteiger partial charge in [-0.1, -0.05) is 33.1 Å². The van der Waals surface area contributed by atoms with E-state index in [1.54, 1.807) is 6.07 Å². The van der Waals surface area contributed by atoms with Crippen LogP contribution in [0.5, 0.6) is 0 Å². The van der Waals surface area contributed by atoms with Gasteiger partial charge in [-0.15, -0.1) is 10.2 Å². The Balaban J connectivity index is 2.46. The lowest BCUT2D eigenvalue weighted by molar-refractivity contribution is 0.0947. The van der Waals surface area contributed by atoms with Gasteiger partial charge in [0.1, 0.15) is 0 Å². The van der Waals surface area contributed by atoms with Crippen molar-refractivity contribution in [2.45, 2.75) is 46.0 Å². The van der Waals surface area contributed by atoms with Gasteiger partial charge in [0.25, 0.3) is 5.91 Å². The van der Waals surface area contributed by atoms with E-state index in [9.17, 15) is 4.79 Å². The maximum atomic E-state index is 11.8. The lowest BCUT2D eigenvalue weighted by Crippen LogP contribution is -2.26. The van der Waals surface area contributed by atoms with Crippen LogP contribution in [0.15, 0.2) is 12.1 Å². The average molecular weight is 278 g/mol. The Morgan fingerprint density at radius 2 is 1.90 bits per heavy atom. The topological polar surface area (TPSA) is 58.1 Å². The molecule has 0 saturated carbocycles. The molecule has 1 rings (SSSR count). The number of anilines is 1. The van der Waals surface area contributed by atoms with Crippen LogP contribution < -0.4 is 10.2 Å². The summed E-state index contributed by atoms with van der Waals surface area (Å²) >= 11 is 0. The molecule has 0 bridgehead atoms. The Morgan fingerprint density at radius 1 is 1.15 bits per heavy atom. The quantitative estimate of drug-likeness (QED) is 0.705. The van der Waals surface area contributed by atoms with Gasteiger partial charge in [-0.25, -0.2) is 0 Å². The second kappa shape index (κ2) is 9.28. The standard InChI is InChI=1S/C15H26N4O/c1-4-6-8-11-16-15(20)13-9-10-14(18-17-13)19(3)12-7-5-2/h9-10H,4-8,11-12H2,1-3H3,(H,16,20). The molecule has 20 heavy (non-hydrogen) atoms. The van der Waals surface area contributed by atoms with E-state index >= 15 is 0 Å². The molecule has 1 aromatic rings. The van der Waals surface area contributed by atoms with Crippen LogP contribution in [0, 0.1) is 0 Å². The minimum atomic E-state index is -0.142. The molecule has 1 heterocycles. The molecule has 0 atom stereocenters. The molecule has 0 unspecified atom stereocenters. The van der Waals surface area contributed by atoms with Crippen LogP contribution in [-0.2, 0) is 0 Å². The van der Waals surface area contributed by atoms with Crippen molar-refractivity contribution in [3.63, 3.8) is 0 Å². The molecule has 0 spiro atoms. The molecule has 0 aromatic carbocycles. The van der Waals surface area contributed by atoms with E-state index in [-0.39, 0.29) is 5.91 Å². The van der Waals surface area contributed by atoms with Crippen molar-refractivity contribution in [2.24, 2.45) is 0 Å². The van der Waals surface area contributed by atoms with Crippen LogP contribution in [0.25, 0.3) is 0 Å². The smallest absolute Gasteiger partial charge is 0.271 e. The number of hydrogen-bond acceptors (Lipinski definition) is 4. The first-order valence-electron chi connectivity index (χ1n) is 7.52. The fourth-order valence-electron chi connectivity index (χ4n) is 1.83. The van der Waals surface area contributed by atoms with Crippen LogP contribution in [0.2, 0.25) is 0 Å². The molecule has 0 aliphatic rings. The number of rotatable bonds is 9. The van der Waals surface area contributed by atoms with Gasteiger partial charge in [-0.2, -0.15) is 0 Å². The van der Waals surface area contributed by atoms with E-state index in [4.69, 9.17) is 0 Å². The number of carbonyl (C=O) groups excluding carboxylic acids is 1. The van der Waals surface area contributed by atoms with Crippen molar-refractivity contribution < 1.29 is 4.79 Å². The SMILES string of the molecule is CCCCCNC(=O)c1ccc(N(C)CCCC)nn1. The highest BCUT2D eigenvalue weighted by molar-refractivity contribution is 5.92. The highest BCUT2D eigenvalue weighted by Crippen LogP contribution is 2.08. The van der Waals surface area contributed by atoms with Crippen LogP contribution in [0.3, 0.4) is 0 Å². The van der Waals surface area contributed by atoms with Crippen LogP contribution >= 0.6 is 0 Å². The van der Waals surface area contributed by atoms with Crippen LogP contribution in [0.1, 0.15) is 56.4 Å². The fourth-order valence-corrected chi connectivity index (χ4v) is 1.83. The molecule has 1 aromatic heterocycles. The van der Waals surface area contributed by atoms with E-state index in [0.29, 0.717) is 12.2 Å². The summed E-state index contributed by atoms with van der Waals surface area (Å²) in [5.41, 5.74) is 0.383. The van der Waals surface area contributed by atoms with Crippen LogP contribution in [0.4, 0.5) is 5.82 Å². The maximum absolute atomic E-state index is 11.8. The molecule has 112 valence electrons. The van der Waals surface area contributed by atoms with Gasteiger partial charge in [0.15, 0.2) is 11.5 Å². The van der Waals surface area contributed by atoms with Crippen molar-refractivity contribution in [1.29, 1.82) is 0 Å². The predicted octanol–water partition coefficient (Wildman–Crippen LogP) is 2.63. The second-order valence-electron chi connectivity index (χ2n) is 5.01. The number of hydrogen-bond donors (Lipinski definition) is 1. The summed E-state index contributed by atoms with van der Waals surface area (Å²) in [6.07, 6.45) is 5.56. The van der Waals surface area contributed by atoms with Crippen molar-refractivity contribution in [1.82, 2.24) is 15.5 Å². The van der Waals surface area contributed by atoms with E-state index in [0.717, 1.165) is 44.5 Å². The van der Waals surface area contributed by atoms with Gasteiger partial charge >= 0.3 is 0 Å². The Morgan fingerprint density at radius 3 is 2.50 bits per heavy atom. The Bertz CT molecular complexity index is 391. The second-order valence-corrected chi connectivity index (χ2v) is 5.01. The number of amides is 1. The molecule has 0 aliphatic heterocycles. The summed E-state index contributed by atoms with van der Waals surface area (Å²) in [4.78, 5) is 13.9. The molecular weight excluding hydrogens is 252 g/mol. The molecule has 0 fully saturated rings. The minimum Gasteiger partial charge on any atom is -0.358 e. The summed E-state index contributed by atoms with van der Waals surface area (Å²) in [5.74, 6) is 0.664. The third kappa shape index (κ3) is 5.55. The number of nitrogens with one attached hydrogen (secondary N) is 1. The largest absolute Gasteiger partial charge is 0.358 e. The average Bonchev–Trinajstić information content (AvgIpc) is 2.49. The van der Waals surface area contributed by atoms with E-state index in [1.165, 1.54) is 0 Å². The molecule has 0 aliphatic carbocycles. The first-order chi connectivity index (χ1) is 9.69. The number of nitrogens with zero attached hydrogens (tertiary/aromatic N) is 3. The molecule has 0 saturated heterocycles. The maximum Gasteiger partial charge on any atom is 0.271 e. The fraction of sp³-hybridized carbons (Fsp3) is 0.667. The molecule has 1 amide bonds. The van der Waals surface area contributed by atoms with E-state index in [1.807, 2.05) is 13.1 Å². The normalized spacial score (nSPS) is 10.3. The van der Waals surface area contributed by atoms with Gasteiger partial charge in [-0.05, 0) is 25.0 Å². The third-order valence-corrected chi connectivity index (χ3v) is 3.19.